The van der Waals surface area contributed by atoms with Crippen LogP contribution >= 0.6 is 0 Å². The van der Waals surface area contributed by atoms with E-state index in [9.17, 15) is 0 Å². The summed E-state index contributed by atoms with van der Waals surface area (Å²) < 4.78 is 5.49. The fourth-order valence-electron chi connectivity index (χ4n) is 1.39. The molecular weight excluding hydrogens is 188 g/mol. The van der Waals surface area contributed by atoms with Crippen molar-refractivity contribution in [2.45, 2.75) is 45.8 Å². The number of ether oxygens (including phenoxy) is 1. The number of methoxy groups -OCH3 is 1. The van der Waals surface area contributed by atoms with Gasteiger partial charge in [0.2, 0.25) is 0 Å². The molecule has 0 spiro atoms. The van der Waals surface area contributed by atoms with Crippen LogP contribution in [0, 0.1) is 0 Å². The van der Waals surface area contributed by atoms with E-state index >= 15 is 0 Å². The number of likely N-dealkylation sites (N-methyl/N-ethyl adjacent to an activating group) is 1. The average molecular weight is 216 g/mol. The third kappa shape index (κ3) is 6.13. The molecule has 0 aliphatic rings. The minimum atomic E-state index is -0.0287. The Balaban J connectivity index is 3.83. The zero-order valence-corrected chi connectivity index (χ0v) is 11.3. The molecule has 0 aromatic carbocycles. The van der Waals surface area contributed by atoms with Crippen molar-refractivity contribution < 1.29 is 4.74 Å². The van der Waals surface area contributed by atoms with Crippen molar-refractivity contribution in [2.75, 3.05) is 33.8 Å². The van der Waals surface area contributed by atoms with Crippen molar-refractivity contribution in [3.63, 3.8) is 0 Å². The molecule has 0 rings (SSSR count). The summed E-state index contributed by atoms with van der Waals surface area (Å²) in [7, 11) is 3.93. The summed E-state index contributed by atoms with van der Waals surface area (Å²) in [5, 5.41) is 3.52. The van der Waals surface area contributed by atoms with Gasteiger partial charge in [0.05, 0.1) is 5.60 Å². The molecule has 0 heterocycles. The summed E-state index contributed by atoms with van der Waals surface area (Å²) in [6.45, 7) is 11.8. The van der Waals surface area contributed by atoms with Crippen molar-refractivity contribution in [3.8, 4) is 0 Å². The fraction of sp³-hybridized carbons (Fsp3) is 1.00. The van der Waals surface area contributed by atoms with Gasteiger partial charge in [-0.25, -0.2) is 0 Å². The molecule has 0 aliphatic heterocycles. The van der Waals surface area contributed by atoms with Gasteiger partial charge in [-0.2, -0.15) is 0 Å². The summed E-state index contributed by atoms with van der Waals surface area (Å²) in [5.74, 6) is 0. The highest BCUT2D eigenvalue weighted by Crippen LogP contribution is 2.12. The standard InChI is InChI=1S/C12H28N2O/c1-7-12(4,15-6)10-13-11(3)9-14(5)8-2/h11,13H,7-10H2,1-6H3. The lowest BCUT2D eigenvalue weighted by Crippen LogP contribution is -2.46. The lowest BCUT2D eigenvalue weighted by Gasteiger charge is -2.30. The van der Waals surface area contributed by atoms with Gasteiger partial charge in [-0.3, -0.25) is 0 Å². The highest BCUT2D eigenvalue weighted by Gasteiger charge is 2.21. The van der Waals surface area contributed by atoms with Crippen LogP contribution in [0.25, 0.3) is 0 Å². The number of nitrogens with zero attached hydrogens (tertiary/aromatic N) is 1. The zero-order chi connectivity index (χ0) is 11.9. The number of hydrogen-bond acceptors (Lipinski definition) is 3. The van der Waals surface area contributed by atoms with Gasteiger partial charge in [0.25, 0.3) is 0 Å². The minimum Gasteiger partial charge on any atom is -0.377 e. The maximum atomic E-state index is 5.49. The van der Waals surface area contributed by atoms with Crippen LogP contribution in [0.15, 0.2) is 0 Å². The quantitative estimate of drug-likeness (QED) is 0.669. The Morgan fingerprint density at radius 2 is 2.00 bits per heavy atom. The smallest absolute Gasteiger partial charge is 0.0772 e. The molecule has 0 bridgehead atoms. The van der Waals surface area contributed by atoms with Crippen LogP contribution in [-0.2, 0) is 4.74 Å². The van der Waals surface area contributed by atoms with E-state index in [1.807, 2.05) is 0 Å². The normalized spacial score (nSPS) is 17.8. The van der Waals surface area contributed by atoms with Crippen molar-refractivity contribution in [1.29, 1.82) is 0 Å². The van der Waals surface area contributed by atoms with Gasteiger partial charge in [0.1, 0.15) is 0 Å². The second-order valence-corrected chi connectivity index (χ2v) is 4.64. The third-order valence-corrected chi connectivity index (χ3v) is 3.19. The summed E-state index contributed by atoms with van der Waals surface area (Å²) >= 11 is 0. The van der Waals surface area contributed by atoms with E-state index in [1.54, 1.807) is 7.11 Å². The molecule has 0 aromatic heterocycles. The molecule has 3 nitrogen and oxygen atoms in total. The van der Waals surface area contributed by atoms with Crippen molar-refractivity contribution in [2.24, 2.45) is 0 Å². The maximum Gasteiger partial charge on any atom is 0.0772 e. The summed E-state index contributed by atoms with van der Waals surface area (Å²) in [6.07, 6.45) is 1.03. The molecule has 2 atom stereocenters. The molecule has 92 valence electrons. The van der Waals surface area contributed by atoms with Crippen LogP contribution < -0.4 is 5.32 Å². The van der Waals surface area contributed by atoms with E-state index in [4.69, 9.17) is 4.74 Å². The van der Waals surface area contributed by atoms with Crippen molar-refractivity contribution in [3.05, 3.63) is 0 Å². The van der Waals surface area contributed by atoms with Crippen LogP contribution in [0.3, 0.4) is 0 Å². The van der Waals surface area contributed by atoms with E-state index in [-0.39, 0.29) is 5.60 Å². The fourth-order valence-corrected chi connectivity index (χ4v) is 1.39. The second-order valence-electron chi connectivity index (χ2n) is 4.64. The van der Waals surface area contributed by atoms with Gasteiger partial charge in [-0.15, -0.1) is 0 Å². The molecular formula is C12H28N2O. The lowest BCUT2D eigenvalue weighted by molar-refractivity contribution is 0.00143. The molecule has 0 aromatic rings. The van der Waals surface area contributed by atoms with E-state index in [0.717, 1.165) is 26.1 Å². The van der Waals surface area contributed by atoms with E-state index in [1.165, 1.54) is 0 Å². The number of hydrogen-bond donors (Lipinski definition) is 1. The maximum absolute atomic E-state index is 5.49. The summed E-state index contributed by atoms with van der Waals surface area (Å²) in [4.78, 5) is 2.31. The Bertz CT molecular complexity index is 158. The van der Waals surface area contributed by atoms with Crippen molar-refractivity contribution in [1.82, 2.24) is 10.2 Å². The van der Waals surface area contributed by atoms with Gasteiger partial charge >= 0.3 is 0 Å². The van der Waals surface area contributed by atoms with Gasteiger partial charge in [0, 0.05) is 26.2 Å². The lowest BCUT2D eigenvalue weighted by atomic mass is 10.0. The van der Waals surface area contributed by atoms with Gasteiger partial charge in [-0.1, -0.05) is 13.8 Å². The Morgan fingerprint density at radius 3 is 2.40 bits per heavy atom. The summed E-state index contributed by atoms with van der Waals surface area (Å²) in [5.41, 5.74) is -0.0287. The predicted octanol–water partition coefficient (Wildman–Crippen LogP) is 1.73. The van der Waals surface area contributed by atoms with E-state index in [0.29, 0.717) is 6.04 Å². The minimum absolute atomic E-state index is 0.0287. The zero-order valence-electron chi connectivity index (χ0n) is 11.3. The molecule has 3 heteroatoms. The molecule has 1 N–H and O–H groups in total. The first kappa shape index (κ1) is 14.9. The Hall–Kier alpha value is -0.120. The Kier molecular flexibility index (Phi) is 7.14. The molecule has 15 heavy (non-hydrogen) atoms. The Morgan fingerprint density at radius 1 is 1.40 bits per heavy atom. The molecule has 0 radical (unpaired) electrons. The van der Waals surface area contributed by atoms with Crippen LogP contribution in [0.5, 0.6) is 0 Å². The highest BCUT2D eigenvalue weighted by atomic mass is 16.5. The molecule has 2 unspecified atom stereocenters. The van der Waals surface area contributed by atoms with Gasteiger partial charge in [0.15, 0.2) is 0 Å². The molecule has 0 amide bonds. The van der Waals surface area contributed by atoms with Crippen LogP contribution in [-0.4, -0.2) is 50.3 Å². The third-order valence-electron chi connectivity index (χ3n) is 3.19. The topological polar surface area (TPSA) is 24.5 Å². The molecule has 0 aliphatic carbocycles. The first-order valence-electron chi connectivity index (χ1n) is 5.94. The first-order chi connectivity index (χ1) is 6.97. The SMILES string of the molecule is CCN(C)CC(C)NCC(C)(CC)OC. The summed E-state index contributed by atoms with van der Waals surface area (Å²) in [6, 6.07) is 0.510. The second kappa shape index (κ2) is 7.20. The molecule has 0 saturated heterocycles. The van der Waals surface area contributed by atoms with E-state index in [2.05, 4.69) is 45.0 Å². The monoisotopic (exact) mass is 216 g/mol. The van der Waals surface area contributed by atoms with Crippen molar-refractivity contribution >= 4 is 0 Å². The number of nitrogens with one attached hydrogen (secondary N) is 1. The van der Waals surface area contributed by atoms with Gasteiger partial charge < -0.3 is 15.0 Å². The van der Waals surface area contributed by atoms with E-state index < -0.39 is 0 Å². The largest absolute Gasteiger partial charge is 0.377 e. The van der Waals surface area contributed by atoms with Gasteiger partial charge in [-0.05, 0) is 33.9 Å². The Labute approximate surface area is 95.2 Å². The van der Waals surface area contributed by atoms with Crippen LogP contribution in [0.4, 0.5) is 0 Å². The van der Waals surface area contributed by atoms with Crippen LogP contribution in [0.2, 0.25) is 0 Å². The number of rotatable bonds is 8. The van der Waals surface area contributed by atoms with Crippen LogP contribution in [0.1, 0.15) is 34.1 Å². The molecule has 0 saturated carbocycles. The first-order valence-corrected chi connectivity index (χ1v) is 5.94. The highest BCUT2D eigenvalue weighted by molar-refractivity contribution is 4.78. The molecule has 0 fully saturated rings. The predicted molar refractivity (Wildman–Crippen MR) is 66.3 cm³/mol. The average Bonchev–Trinajstić information content (AvgIpc) is 2.25.